The number of nitrogens with one attached hydrogen (secondary N) is 1. The molecule has 0 aliphatic carbocycles. The van der Waals surface area contributed by atoms with Crippen LogP contribution >= 0.6 is 11.3 Å². The maximum Gasteiger partial charge on any atom is 0.451 e. The summed E-state index contributed by atoms with van der Waals surface area (Å²) in [4.78, 5) is 29.2. The average molecular weight is 644 g/mol. The predicted molar refractivity (Wildman–Crippen MR) is 162 cm³/mol. The number of aryl methyl sites for hydroxylation is 2. The Morgan fingerprint density at radius 1 is 1.28 bits per heavy atom. The van der Waals surface area contributed by atoms with Crippen LogP contribution in [0.4, 0.5) is 13.2 Å². The molecule has 9 nitrogen and oxygen atoms in total. The second kappa shape index (κ2) is 15.3. The van der Waals surface area contributed by atoms with Crippen LogP contribution in [-0.4, -0.2) is 67.0 Å². The van der Waals surface area contributed by atoms with Crippen LogP contribution in [0.3, 0.4) is 0 Å². The molecule has 0 bridgehead atoms. The number of rotatable bonds is 7. The molecule has 2 unspecified atom stereocenters. The highest BCUT2D eigenvalue weighted by Crippen LogP contribution is 2.30. The normalized spacial score (nSPS) is 18.1. The molecule has 3 aromatic rings. The van der Waals surface area contributed by atoms with Crippen molar-refractivity contribution in [1.29, 1.82) is 0 Å². The second-order valence-electron chi connectivity index (χ2n) is 10.3. The van der Waals surface area contributed by atoms with Gasteiger partial charge in [-0.2, -0.15) is 13.2 Å². The maximum atomic E-state index is 13.1. The summed E-state index contributed by atoms with van der Waals surface area (Å²) in [5.74, 6) is -0.784. The Hall–Kier alpha value is -2.78. The zero-order valence-corrected chi connectivity index (χ0v) is 26.3. The van der Waals surface area contributed by atoms with E-state index in [0.29, 0.717) is 58.6 Å². The molecule has 1 amide bonds. The fourth-order valence-electron chi connectivity index (χ4n) is 4.94. The standard InChI is InChI=1S/C29H36F3N5O3S2.H2O.H2/c1-5-42(39)23-9-8-22(33-16-23)15-34-27(38)26-14-21-13-18(2)40-12-11-37(10-6-7-25(21)41-26)20(4)24-17-35-28(29(30,31)32)36-19(24)3;;/h8-9,14,16-18,20H,5-7,10-13,15H2,1-4H3,(H,34,38);1H2;1H/t18-,20?,42?;;/m0../s1. The lowest BCUT2D eigenvalue weighted by Gasteiger charge is -2.30. The third kappa shape index (κ3) is 9.11. The van der Waals surface area contributed by atoms with Gasteiger partial charge < -0.3 is 15.5 Å². The van der Waals surface area contributed by atoms with Crippen LogP contribution in [0, 0.1) is 6.92 Å². The van der Waals surface area contributed by atoms with Gasteiger partial charge in [0.15, 0.2) is 0 Å². The molecule has 3 atom stereocenters. The summed E-state index contributed by atoms with van der Waals surface area (Å²) in [5.41, 5.74) is 2.75. The van der Waals surface area contributed by atoms with Gasteiger partial charge in [-0.15, -0.1) is 11.3 Å². The predicted octanol–water partition coefficient (Wildman–Crippen LogP) is 4.70. The van der Waals surface area contributed by atoms with Crippen molar-refractivity contribution in [3.05, 3.63) is 68.7 Å². The molecular formula is C29H40F3N5O4S2. The molecule has 3 N–H and O–H groups in total. The number of thiophene rings is 1. The molecule has 3 aromatic heterocycles. The summed E-state index contributed by atoms with van der Waals surface area (Å²) in [6, 6.07) is 5.30. The monoisotopic (exact) mass is 643 g/mol. The number of amides is 1. The molecule has 14 heteroatoms. The molecule has 0 saturated heterocycles. The van der Waals surface area contributed by atoms with E-state index >= 15 is 0 Å². The third-order valence-corrected chi connectivity index (χ3v) is 9.81. The fourth-order valence-corrected chi connectivity index (χ4v) is 6.81. The number of nitrogens with zero attached hydrogens (tertiary/aromatic N) is 4. The Morgan fingerprint density at radius 2 is 2.05 bits per heavy atom. The minimum Gasteiger partial charge on any atom is -0.412 e. The van der Waals surface area contributed by atoms with Crippen LogP contribution < -0.4 is 5.32 Å². The van der Waals surface area contributed by atoms with E-state index in [-0.39, 0.29) is 31.5 Å². The first-order valence-electron chi connectivity index (χ1n) is 14.0. The number of ether oxygens (including phenoxy) is 1. The van der Waals surface area contributed by atoms with E-state index in [1.165, 1.54) is 17.5 Å². The first-order valence-corrected chi connectivity index (χ1v) is 16.1. The molecular weight excluding hydrogens is 603 g/mol. The molecule has 4 heterocycles. The van der Waals surface area contributed by atoms with Crippen molar-refractivity contribution in [2.24, 2.45) is 0 Å². The van der Waals surface area contributed by atoms with Gasteiger partial charge in [0.1, 0.15) is 0 Å². The topological polar surface area (TPSA) is 129 Å². The average Bonchev–Trinajstić information content (AvgIpc) is 3.34. The molecule has 1 aliphatic rings. The summed E-state index contributed by atoms with van der Waals surface area (Å²) in [5, 5.41) is 2.93. The van der Waals surface area contributed by atoms with E-state index in [1.54, 1.807) is 25.3 Å². The van der Waals surface area contributed by atoms with Gasteiger partial charge in [-0.1, -0.05) is 6.92 Å². The van der Waals surface area contributed by atoms with Gasteiger partial charge in [0.25, 0.3) is 5.91 Å². The Morgan fingerprint density at radius 3 is 2.70 bits per heavy atom. The van der Waals surface area contributed by atoms with Crippen LogP contribution in [0.1, 0.15) is 77.5 Å². The Bertz CT molecular complexity index is 1410. The molecule has 0 aromatic carbocycles. The third-order valence-electron chi connectivity index (χ3n) is 7.28. The Labute approximate surface area is 257 Å². The van der Waals surface area contributed by atoms with E-state index in [0.717, 1.165) is 23.3 Å². The summed E-state index contributed by atoms with van der Waals surface area (Å²) < 4.78 is 57.2. The van der Waals surface area contributed by atoms with Crippen molar-refractivity contribution in [3.8, 4) is 0 Å². The van der Waals surface area contributed by atoms with Crippen molar-refractivity contribution in [3.63, 3.8) is 0 Å². The highest BCUT2D eigenvalue weighted by Gasteiger charge is 2.35. The summed E-state index contributed by atoms with van der Waals surface area (Å²) in [6.45, 7) is 9.44. The molecule has 0 spiro atoms. The van der Waals surface area contributed by atoms with E-state index < -0.39 is 22.8 Å². The second-order valence-corrected chi connectivity index (χ2v) is 13.2. The number of alkyl halides is 3. The smallest absolute Gasteiger partial charge is 0.412 e. The number of carbonyl (C=O) groups is 1. The molecule has 0 radical (unpaired) electrons. The SMILES string of the molecule is CCS(=O)c1ccc(CNC(=O)c2cc3c(s2)CCCN(C(C)c2cnc(C(F)(F)F)nc2C)CCO[C@@H](C)C3)nc1.O.[HH]. The molecule has 0 fully saturated rings. The Kier molecular flexibility index (Phi) is 12.3. The van der Waals surface area contributed by atoms with Crippen molar-refractivity contribution in [2.75, 3.05) is 25.4 Å². The first-order chi connectivity index (χ1) is 20.0. The van der Waals surface area contributed by atoms with E-state index in [1.807, 2.05) is 26.8 Å². The van der Waals surface area contributed by atoms with Crippen molar-refractivity contribution >= 4 is 28.0 Å². The summed E-state index contributed by atoms with van der Waals surface area (Å²) >= 11 is 1.47. The van der Waals surface area contributed by atoms with Gasteiger partial charge >= 0.3 is 6.18 Å². The maximum absolute atomic E-state index is 13.1. The summed E-state index contributed by atoms with van der Waals surface area (Å²) in [6.07, 6.45) is 0.466. The number of halogens is 3. The molecule has 43 heavy (non-hydrogen) atoms. The largest absolute Gasteiger partial charge is 0.451 e. The lowest BCUT2D eigenvalue weighted by molar-refractivity contribution is -0.145. The summed E-state index contributed by atoms with van der Waals surface area (Å²) in [7, 11) is -1.07. The van der Waals surface area contributed by atoms with Crippen LogP contribution in [-0.2, 0) is 41.1 Å². The highest BCUT2D eigenvalue weighted by atomic mass is 32.2. The fraction of sp³-hybridized carbons (Fsp3) is 0.517. The van der Waals surface area contributed by atoms with Crippen LogP contribution in [0.25, 0.3) is 0 Å². The van der Waals surface area contributed by atoms with Crippen molar-refractivity contribution in [1.82, 2.24) is 25.2 Å². The lowest BCUT2D eigenvalue weighted by Crippen LogP contribution is -2.33. The molecule has 238 valence electrons. The van der Waals surface area contributed by atoms with E-state index in [9.17, 15) is 22.2 Å². The van der Waals surface area contributed by atoms with Crippen LogP contribution in [0.2, 0.25) is 0 Å². The number of fused-ring (bicyclic) bond motifs is 1. The van der Waals surface area contributed by atoms with Gasteiger partial charge in [0, 0.05) is 48.3 Å². The zero-order chi connectivity index (χ0) is 30.4. The lowest BCUT2D eigenvalue weighted by atomic mass is 10.1. The number of hydrogen-bond donors (Lipinski definition) is 1. The van der Waals surface area contributed by atoms with Gasteiger partial charge in [0.2, 0.25) is 5.82 Å². The highest BCUT2D eigenvalue weighted by molar-refractivity contribution is 7.85. The number of carbonyl (C=O) groups excluding carboxylic acids is 1. The molecule has 4 rings (SSSR count). The van der Waals surface area contributed by atoms with Gasteiger partial charge in [-0.05, 0) is 70.3 Å². The number of hydrogen-bond acceptors (Lipinski definition) is 8. The number of pyridine rings is 1. The van der Waals surface area contributed by atoms with Crippen LogP contribution in [0.5, 0.6) is 0 Å². The molecule has 0 saturated carbocycles. The van der Waals surface area contributed by atoms with Crippen molar-refractivity contribution < 1.29 is 33.8 Å². The minimum atomic E-state index is -4.58. The van der Waals surface area contributed by atoms with Crippen molar-refractivity contribution in [2.45, 2.75) is 76.7 Å². The van der Waals surface area contributed by atoms with E-state index in [4.69, 9.17) is 4.74 Å². The number of aromatic nitrogens is 3. The zero-order valence-electron chi connectivity index (χ0n) is 24.7. The van der Waals surface area contributed by atoms with Crippen LogP contribution in [0.15, 0.2) is 35.5 Å². The first kappa shape index (κ1) is 34.7. The van der Waals surface area contributed by atoms with Gasteiger partial charge in [0.05, 0.1) is 45.5 Å². The molecule has 1 aliphatic heterocycles. The van der Waals surface area contributed by atoms with Gasteiger partial charge in [-0.3, -0.25) is 18.9 Å². The minimum absolute atomic E-state index is 0. The van der Waals surface area contributed by atoms with E-state index in [2.05, 4.69) is 25.2 Å². The quantitative estimate of drug-likeness (QED) is 0.395. The van der Waals surface area contributed by atoms with Gasteiger partial charge in [-0.25, -0.2) is 9.97 Å². The Balaban J connectivity index is 0.00000337.